The SMILES string of the molecule is COc1cccc(-c2noc(CC(=O)C3CCCC3)n2)c1. The fourth-order valence-electron chi connectivity index (χ4n) is 2.75. The van der Waals surface area contributed by atoms with Gasteiger partial charge in [0.25, 0.3) is 0 Å². The van der Waals surface area contributed by atoms with E-state index in [9.17, 15) is 4.79 Å². The van der Waals surface area contributed by atoms with E-state index in [-0.39, 0.29) is 18.1 Å². The molecule has 2 aromatic rings. The molecule has 110 valence electrons. The van der Waals surface area contributed by atoms with E-state index >= 15 is 0 Å². The predicted molar refractivity (Wildman–Crippen MR) is 77.0 cm³/mol. The number of methoxy groups -OCH3 is 1. The van der Waals surface area contributed by atoms with Crippen LogP contribution in [-0.2, 0) is 11.2 Å². The Bertz CT molecular complexity index is 630. The normalized spacial score (nSPS) is 15.3. The first kappa shape index (κ1) is 13.8. The van der Waals surface area contributed by atoms with Gasteiger partial charge in [0.05, 0.1) is 13.5 Å². The van der Waals surface area contributed by atoms with Crippen LogP contribution >= 0.6 is 0 Å². The molecule has 1 heterocycles. The molecule has 0 amide bonds. The molecule has 5 nitrogen and oxygen atoms in total. The molecule has 0 unspecified atom stereocenters. The number of ether oxygens (including phenoxy) is 1. The third kappa shape index (κ3) is 3.12. The van der Waals surface area contributed by atoms with Crippen LogP contribution in [0.4, 0.5) is 0 Å². The topological polar surface area (TPSA) is 65.2 Å². The number of benzene rings is 1. The Morgan fingerprint density at radius 1 is 1.38 bits per heavy atom. The van der Waals surface area contributed by atoms with Crippen LogP contribution in [0.25, 0.3) is 11.4 Å². The second kappa shape index (κ2) is 6.08. The Hall–Kier alpha value is -2.17. The molecule has 1 aromatic heterocycles. The van der Waals surface area contributed by atoms with E-state index in [0.29, 0.717) is 11.7 Å². The number of Topliss-reactive ketones (excluding diaryl/α,β-unsaturated/α-hetero) is 1. The number of carbonyl (C=O) groups is 1. The zero-order valence-electron chi connectivity index (χ0n) is 12.0. The highest BCUT2D eigenvalue weighted by molar-refractivity contribution is 5.82. The van der Waals surface area contributed by atoms with Crippen molar-refractivity contribution in [3.63, 3.8) is 0 Å². The van der Waals surface area contributed by atoms with Gasteiger partial charge in [-0.2, -0.15) is 4.98 Å². The molecule has 0 aliphatic heterocycles. The second-order valence-electron chi connectivity index (χ2n) is 5.37. The van der Waals surface area contributed by atoms with Crippen LogP contribution in [0.15, 0.2) is 28.8 Å². The van der Waals surface area contributed by atoms with E-state index < -0.39 is 0 Å². The van der Waals surface area contributed by atoms with Gasteiger partial charge in [0, 0.05) is 11.5 Å². The van der Waals surface area contributed by atoms with Crippen LogP contribution in [0, 0.1) is 5.92 Å². The summed E-state index contributed by atoms with van der Waals surface area (Å²) in [5, 5.41) is 3.95. The zero-order chi connectivity index (χ0) is 14.7. The summed E-state index contributed by atoms with van der Waals surface area (Å²) < 4.78 is 10.4. The number of hydrogen-bond acceptors (Lipinski definition) is 5. The third-order valence-electron chi connectivity index (χ3n) is 3.93. The van der Waals surface area contributed by atoms with Gasteiger partial charge in [-0.15, -0.1) is 0 Å². The number of nitrogens with zero attached hydrogens (tertiary/aromatic N) is 2. The lowest BCUT2D eigenvalue weighted by molar-refractivity contribution is -0.122. The Morgan fingerprint density at radius 2 is 2.19 bits per heavy atom. The first-order valence-corrected chi connectivity index (χ1v) is 7.26. The van der Waals surface area contributed by atoms with E-state index in [4.69, 9.17) is 9.26 Å². The number of carbonyl (C=O) groups excluding carboxylic acids is 1. The van der Waals surface area contributed by atoms with Gasteiger partial charge in [0.2, 0.25) is 11.7 Å². The lowest BCUT2D eigenvalue weighted by atomic mass is 10.0. The second-order valence-corrected chi connectivity index (χ2v) is 5.37. The summed E-state index contributed by atoms with van der Waals surface area (Å²) >= 11 is 0. The summed E-state index contributed by atoms with van der Waals surface area (Å²) in [4.78, 5) is 16.4. The zero-order valence-corrected chi connectivity index (χ0v) is 12.0. The Kier molecular flexibility index (Phi) is 3.99. The van der Waals surface area contributed by atoms with Crippen molar-refractivity contribution in [1.29, 1.82) is 0 Å². The maximum Gasteiger partial charge on any atom is 0.234 e. The van der Waals surface area contributed by atoms with Crippen LogP contribution in [0.2, 0.25) is 0 Å². The summed E-state index contributed by atoms with van der Waals surface area (Å²) in [5.41, 5.74) is 0.817. The Morgan fingerprint density at radius 3 is 2.95 bits per heavy atom. The molecule has 1 fully saturated rings. The van der Waals surface area contributed by atoms with Crippen LogP contribution in [0.1, 0.15) is 31.6 Å². The predicted octanol–water partition coefficient (Wildman–Crippen LogP) is 3.05. The monoisotopic (exact) mass is 286 g/mol. The van der Waals surface area contributed by atoms with Crippen LogP contribution in [0.3, 0.4) is 0 Å². The molecule has 1 aliphatic carbocycles. The molecule has 0 saturated heterocycles. The lowest BCUT2D eigenvalue weighted by Gasteiger charge is -2.04. The van der Waals surface area contributed by atoms with Crippen molar-refractivity contribution in [2.75, 3.05) is 7.11 Å². The third-order valence-corrected chi connectivity index (χ3v) is 3.93. The maximum absolute atomic E-state index is 12.1. The molecule has 0 N–H and O–H groups in total. The first-order chi connectivity index (χ1) is 10.3. The van der Waals surface area contributed by atoms with Gasteiger partial charge in [-0.3, -0.25) is 4.79 Å². The van der Waals surface area contributed by atoms with Gasteiger partial charge < -0.3 is 9.26 Å². The van der Waals surface area contributed by atoms with Gasteiger partial charge in [-0.1, -0.05) is 30.1 Å². The molecular formula is C16H18N2O3. The van der Waals surface area contributed by atoms with Gasteiger partial charge in [0.1, 0.15) is 11.5 Å². The molecule has 1 aromatic carbocycles. The molecule has 1 saturated carbocycles. The molecule has 0 atom stereocenters. The number of hydrogen-bond donors (Lipinski definition) is 0. The molecular weight excluding hydrogens is 268 g/mol. The summed E-state index contributed by atoms with van der Waals surface area (Å²) in [6.45, 7) is 0. The Balaban J connectivity index is 1.72. The van der Waals surface area contributed by atoms with Crippen LogP contribution in [-0.4, -0.2) is 23.0 Å². The molecule has 0 spiro atoms. The van der Waals surface area contributed by atoms with E-state index in [0.717, 1.165) is 37.0 Å². The van der Waals surface area contributed by atoms with Crippen molar-refractivity contribution < 1.29 is 14.1 Å². The molecule has 0 radical (unpaired) electrons. The van der Waals surface area contributed by atoms with Crippen LogP contribution in [0.5, 0.6) is 5.75 Å². The Labute approximate surface area is 123 Å². The van der Waals surface area contributed by atoms with E-state index in [1.807, 2.05) is 24.3 Å². The largest absolute Gasteiger partial charge is 0.497 e. The van der Waals surface area contributed by atoms with Crippen LogP contribution < -0.4 is 4.74 Å². The van der Waals surface area contributed by atoms with Crippen molar-refractivity contribution >= 4 is 5.78 Å². The number of ketones is 1. The first-order valence-electron chi connectivity index (χ1n) is 7.26. The van der Waals surface area contributed by atoms with E-state index in [1.165, 1.54) is 0 Å². The highest BCUT2D eigenvalue weighted by atomic mass is 16.5. The molecule has 21 heavy (non-hydrogen) atoms. The minimum Gasteiger partial charge on any atom is -0.497 e. The summed E-state index contributed by atoms with van der Waals surface area (Å²) in [5.74, 6) is 2.01. The average Bonchev–Trinajstić information content (AvgIpc) is 3.18. The molecule has 5 heteroatoms. The van der Waals surface area contributed by atoms with E-state index in [2.05, 4.69) is 10.1 Å². The number of aromatic nitrogens is 2. The fourth-order valence-corrected chi connectivity index (χ4v) is 2.75. The lowest BCUT2D eigenvalue weighted by Crippen LogP contribution is -2.13. The summed E-state index contributed by atoms with van der Waals surface area (Å²) in [6.07, 6.45) is 4.53. The smallest absolute Gasteiger partial charge is 0.234 e. The molecule has 1 aliphatic rings. The molecule has 3 rings (SSSR count). The standard InChI is InChI=1S/C16H18N2O3/c1-20-13-8-4-7-12(9-13)16-17-15(21-18-16)10-14(19)11-5-2-3-6-11/h4,7-9,11H,2-3,5-6,10H2,1H3. The van der Waals surface area contributed by atoms with E-state index in [1.54, 1.807) is 7.11 Å². The van der Waals surface area contributed by atoms with Crippen molar-refractivity contribution in [3.8, 4) is 17.1 Å². The van der Waals surface area contributed by atoms with Gasteiger partial charge in [-0.05, 0) is 25.0 Å². The molecule has 0 bridgehead atoms. The summed E-state index contributed by atoms with van der Waals surface area (Å²) in [6, 6.07) is 7.45. The van der Waals surface area contributed by atoms with Crippen molar-refractivity contribution in [2.24, 2.45) is 5.92 Å². The maximum atomic E-state index is 12.1. The van der Waals surface area contributed by atoms with Gasteiger partial charge in [0.15, 0.2) is 0 Å². The minimum absolute atomic E-state index is 0.178. The quantitative estimate of drug-likeness (QED) is 0.845. The van der Waals surface area contributed by atoms with Crippen molar-refractivity contribution in [3.05, 3.63) is 30.2 Å². The average molecular weight is 286 g/mol. The fraction of sp³-hybridized carbons (Fsp3) is 0.438. The number of rotatable bonds is 5. The van der Waals surface area contributed by atoms with Crippen molar-refractivity contribution in [2.45, 2.75) is 32.1 Å². The highest BCUT2D eigenvalue weighted by Crippen LogP contribution is 2.27. The van der Waals surface area contributed by atoms with Gasteiger partial charge >= 0.3 is 0 Å². The van der Waals surface area contributed by atoms with Gasteiger partial charge in [-0.25, -0.2) is 0 Å². The highest BCUT2D eigenvalue weighted by Gasteiger charge is 2.24. The minimum atomic E-state index is 0.178. The van der Waals surface area contributed by atoms with Crippen molar-refractivity contribution in [1.82, 2.24) is 10.1 Å². The summed E-state index contributed by atoms with van der Waals surface area (Å²) in [7, 11) is 1.61.